The van der Waals surface area contributed by atoms with E-state index in [0.29, 0.717) is 12.8 Å². The van der Waals surface area contributed by atoms with Gasteiger partial charge in [-0.05, 0) is 32.6 Å². The Bertz CT molecular complexity index is 405. The predicted octanol–water partition coefficient (Wildman–Crippen LogP) is 1.49. The van der Waals surface area contributed by atoms with Gasteiger partial charge in [0.25, 0.3) is 0 Å². The smallest absolute Gasteiger partial charge is 0.309 e. The number of rotatable bonds is 0. The van der Waals surface area contributed by atoms with Crippen LogP contribution in [0.1, 0.15) is 46.5 Å². The van der Waals surface area contributed by atoms with Gasteiger partial charge in [0.05, 0.1) is 17.6 Å². The highest BCUT2D eigenvalue weighted by Crippen LogP contribution is 2.58. The second-order valence-corrected chi connectivity index (χ2v) is 7.29. The average molecular weight is 268 g/mol. The minimum Gasteiger partial charge on any atom is -0.461 e. The molecule has 0 aromatic carbocycles. The van der Waals surface area contributed by atoms with Crippen LogP contribution >= 0.6 is 0 Å². The maximum absolute atomic E-state index is 11.8. The number of ether oxygens (including phenoxy) is 1. The molecule has 7 atom stereocenters. The van der Waals surface area contributed by atoms with Crippen molar-refractivity contribution in [3.05, 3.63) is 0 Å². The van der Waals surface area contributed by atoms with Crippen LogP contribution in [-0.2, 0) is 9.53 Å². The predicted molar refractivity (Wildman–Crippen MR) is 69.2 cm³/mol. The Morgan fingerprint density at radius 2 is 1.95 bits per heavy atom. The van der Waals surface area contributed by atoms with Gasteiger partial charge in [-0.25, -0.2) is 0 Å². The number of hydrogen-bond donors (Lipinski definition) is 2. The number of aliphatic hydroxyl groups is 2. The fraction of sp³-hybridized carbons (Fsp3) is 0.933. The lowest BCUT2D eigenvalue weighted by Crippen LogP contribution is -2.62. The van der Waals surface area contributed by atoms with Crippen molar-refractivity contribution < 1.29 is 19.7 Å². The molecule has 2 aliphatic carbocycles. The van der Waals surface area contributed by atoms with Crippen molar-refractivity contribution >= 4 is 5.97 Å². The molecule has 1 aliphatic heterocycles. The highest BCUT2D eigenvalue weighted by molar-refractivity contribution is 5.75. The molecule has 3 rings (SSSR count). The third-order valence-corrected chi connectivity index (χ3v) is 6.10. The van der Waals surface area contributed by atoms with Gasteiger partial charge in [0.15, 0.2) is 0 Å². The van der Waals surface area contributed by atoms with Crippen LogP contribution in [0.4, 0.5) is 0 Å². The Morgan fingerprint density at radius 1 is 1.26 bits per heavy atom. The van der Waals surface area contributed by atoms with Gasteiger partial charge in [-0.3, -0.25) is 4.79 Å². The zero-order chi connectivity index (χ0) is 14.0. The standard InChI is InChI=1S/C15H24O4/c1-8-9-4-6-14(2)10(16)5-7-15(3,18)12(14)11(9)19-13(8)17/h8-12,16,18H,4-7H2,1-3H3/t8-,9-,10+,11+,12+,14-,15-/m0/s1. The number of aliphatic hydroxyl groups excluding tert-OH is 1. The molecule has 0 amide bonds. The van der Waals surface area contributed by atoms with Crippen molar-refractivity contribution in [1.29, 1.82) is 0 Å². The highest BCUT2D eigenvalue weighted by atomic mass is 16.6. The monoisotopic (exact) mass is 268 g/mol. The summed E-state index contributed by atoms with van der Waals surface area (Å²) >= 11 is 0. The van der Waals surface area contributed by atoms with Crippen molar-refractivity contribution in [3.8, 4) is 0 Å². The second kappa shape index (κ2) is 3.95. The van der Waals surface area contributed by atoms with E-state index in [9.17, 15) is 15.0 Å². The van der Waals surface area contributed by atoms with Crippen molar-refractivity contribution in [2.45, 2.75) is 64.3 Å². The third kappa shape index (κ3) is 1.69. The lowest BCUT2D eigenvalue weighted by atomic mass is 9.51. The minimum absolute atomic E-state index is 0.0792. The van der Waals surface area contributed by atoms with E-state index >= 15 is 0 Å². The summed E-state index contributed by atoms with van der Waals surface area (Å²) in [5, 5.41) is 21.2. The summed E-state index contributed by atoms with van der Waals surface area (Å²) in [6, 6.07) is 0. The van der Waals surface area contributed by atoms with Crippen molar-refractivity contribution in [3.63, 3.8) is 0 Å². The Hall–Kier alpha value is -0.610. The number of fused-ring (bicyclic) bond motifs is 3. The normalized spacial score (nSPS) is 57.3. The molecular formula is C15H24O4. The lowest BCUT2D eigenvalue weighted by molar-refractivity contribution is -0.212. The second-order valence-electron chi connectivity index (χ2n) is 7.29. The summed E-state index contributed by atoms with van der Waals surface area (Å²) in [6.07, 6.45) is 2.32. The van der Waals surface area contributed by atoms with E-state index < -0.39 is 11.7 Å². The fourth-order valence-electron chi connectivity index (χ4n) is 4.88. The van der Waals surface area contributed by atoms with Gasteiger partial charge in [-0.15, -0.1) is 0 Å². The number of carbonyl (C=O) groups is 1. The van der Waals surface area contributed by atoms with Gasteiger partial charge in [0.2, 0.25) is 0 Å². The van der Waals surface area contributed by atoms with Crippen LogP contribution in [-0.4, -0.2) is 34.0 Å². The molecule has 0 unspecified atom stereocenters. The van der Waals surface area contributed by atoms with Crippen LogP contribution in [0.15, 0.2) is 0 Å². The summed E-state index contributed by atoms with van der Waals surface area (Å²) in [7, 11) is 0. The zero-order valence-electron chi connectivity index (χ0n) is 11.9. The summed E-state index contributed by atoms with van der Waals surface area (Å²) in [4.78, 5) is 11.8. The first-order valence-corrected chi connectivity index (χ1v) is 7.38. The van der Waals surface area contributed by atoms with Crippen LogP contribution in [0, 0.1) is 23.2 Å². The van der Waals surface area contributed by atoms with Crippen LogP contribution in [0.5, 0.6) is 0 Å². The molecule has 108 valence electrons. The van der Waals surface area contributed by atoms with Gasteiger partial charge in [-0.1, -0.05) is 13.8 Å². The molecule has 1 saturated heterocycles. The first kappa shape index (κ1) is 13.4. The molecule has 0 spiro atoms. The van der Waals surface area contributed by atoms with E-state index in [2.05, 4.69) is 0 Å². The first-order valence-electron chi connectivity index (χ1n) is 7.38. The van der Waals surface area contributed by atoms with E-state index in [4.69, 9.17) is 4.74 Å². The van der Waals surface area contributed by atoms with Gasteiger partial charge >= 0.3 is 5.97 Å². The Balaban J connectivity index is 2.01. The number of hydrogen-bond acceptors (Lipinski definition) is 4. The maximum atomic E-state index is 11.8. The topological polar surface area (TPSA) is 66.8 Å². The third-order valence-electron chi connectivity index (χ3n) is 6.10. The number of esters is 1. The highest BCUT2D eigenvalue weighted by Gasteiger charge is 2.63. The van der Waals surface area contributed by atoms with E-state index in [1.165, 1.54) is 0 Å². The van der Waals surface area contributed by atoms with E-state index in [1.54, 1.807) is 0 Å². The average Bonchev–Trinajstić information content (AvgIpc) is 2.60. The molecule has 3 fully saturated rings. The van der Waals surface area contributed by atoms with Gasteiger partial charge in [0, 0.05) is 17.3 Å². The molecule has 2 saturated carbocycles. The quantitative estimate of drug-likeness (QED) is 0.653. The minimum atomic E-state index is -0.859. The van der Waals surface area contributed by atoms with Gasteiger partial charge < -0.3 is 14.9 Å². The number of carbonyl (C=O) groups excluding carboxylic acids is 1. The first-order chi connectivity index (χ1) is 8.77. The molecule has 4 heteroatoms. The molecule has 4 nitrogen and oxygen atoms in total. The molecule has 0 radical (unpaired) electrons. The molecule has 2 N–H and O–H groups in total. The summed E-state index contributed by atoms with van der Waals surface area (Å²) in [6.45, 7) is 5.80. The molecule has 1 heterocycles. The fourth-order valence-corrected chi connectivity index (χ4v) is 4.88. The summed E-state index contributed by atoms with van der Waals surface area (Å²) in [5.74, 6) is -0.182. The van der Waals surface area contributed by atoms with Gasteiger partial charge in [-0.2, -0.15) is 0 Å². The van der Waals surface area contributed by atoms with Crippen molar-refractivity contribution in [2.24, 2.45) is 23.2 Å². The van der Waals surface area contributed by atoms with Crippen LogP contribution in [0.3, 0.4) is 0 Å². The summed E-state index contributed by atoms with van der Waals surface area (Å²) in [5.41, 5.74) is -1.20. The maximum Gasteiger partial charge on any atom is 0.309 e. The Morgan fingerprint density at radius 3 is 2.63 bits per heavy atom. The van der Waals surface area contributed by atoms with Gasteiger partial charge in [0.1, 0.15) is 6.10 Å². The van der Waals surface area contributed by atoms with Crippen LogP contribution in [0.2, 0.25) is 0 Å². The van der Waals surface area contributed by atoms with Crippen molar-refractivity contribution in [1.82, 2.24) is 0 Å². The molecular weight excluding hydrogens is 244 g/mol. The van der Waals surface area contributed by atoms with Crippen molar-refractivity contribution in [2.75, 3.05) is 0 Å². The van der Waals surface area contributed by atoms with Crippen LogP contribution < -0.4 is 0 Å². The zero-order valence-corrected chi connectivity index (χ0v) is 11.9. The van der Waals surface area contributed by atoms with E-state index in [1.807, 2.05) is 20.8 Å². The van der Waals surface area contributed by atoms with Crippen LogP contribution in [0.25, 0.3) is 0 Å². The molecule has 0 aromatic heterocycles. The molecule has 3 aliphatic rings. The Labute approximate surface area is 114 Å². The van der Waals surface area contributed by atoms with E-state index in [0.717, 1.165) is 12.8 Å². The Kier molecular flexibility index (Phi) is 2.78. The summed E-state index contributed by atoms with van der Waals surface area (Å²) < 4.78 is 5.59. The SMILES string of the molecule is C[C@@H]1C(=O)O[C@@H]2[C@H]1CC[C@@]1(C)[C@H](O)CC[C@](C)(O)[C@H]21. The molecule has 0 bridgehead atoms. The lowest BCUT2D eigenvalue weighted by Gasteiger charge is -2.57. The molecule has 19 heavy (non-hydrogen) atoms. The van der Waals surface area contributed by atoms with E-state index in [-0.39, 0.29) is 35.2 Å². The largest absolute Gasteiger partial charge is 0.461 e. The molecule has 0 aromatic rings.